The van der Waals surface area contributed by atoms with Crippen molar-refractivity contribution in [3.63, 3.8) is 0 Å². The molecule has 1 unspecified atom stereocenters. The van der Waals surface area contributed by atoms with Crippen molar-refractivity contribution in [1.82, 2.24) is 4.98 Å². The quantitative estimate of drug-likeness (QED) is 0.119. The van der Waals surface area contributed by atoms with Crippen molar-refractivity contribution in [2.24, 2.45) is 5.41 Å². The number of nitrogens with zero attached hydrogens (tertiary/aromatic N) is 2. The van der Waals surface area contributed by atoms with E-state index in [-0.39, 0.29) is 18.1 Å². The summed E-state index contributed by atoms with van der Waals surface area (Å²) in [7, 11) is 0.150. The number of hydrogen-bond donors (Lipinski definition) is 3. The lowest BCUT2D eigenvalue weighted by Crippen LogP contribution is -2.43. The number of carboxylic acids is 2. The first-order valence-corrected chi connectivity index (χ1v) is 19.0. The van der Waals surface area contributed by atoms with Crippen LogP contribution in [0.15, 0.2) is 59.5 Å². The average molecular weight is 711 g/mol. The normalized spacial score (nSPS) is 17.7. The standard InChI is InChI=1S/C38H50N2O9S/c1-5-7-18-38(19-8-6-2)25-50(46,47)33-17-14-27(40(3)4)22-30(33)34(35(38)41)26-12-15-28(16-13-26)48-20-10-9-11-21-49-29-23-31(36(42)43)39-32(24-29)37(44)45/h12-17,22-24,34-35,41H,5-11,18-21,25H2,1-4H3,(H,42,43)(H,44,45)/t34-,35?/m1/s1. The van der Waals surface area contributed by atoms with Gasteiger partial charge in [0.25, 0.3) is 0 Å². The summed E-state index contributed by atoms with van der Waals surface area (Å²) in [6.45, 7) is 4.89. The molecule has 0 radical (unpaired) electrons. The number of ether oxygens (including phenoxy) is 2. The van der Waals surface area contributed by atoms with E-state index in [9.17, 15) is 33.3 Å². The molecular formula is C38H50N2O9S. The van der Waals surface area contributed by atoms with Crippen molar-refractivity contribution in [2.45, 2.75) is 88.6 Å². The number of carboxylic acid groups (broad SMARTS) is 2. The predicted molar refractivity (Wildman–Crippen MR) is 192 cm³/mol. The lowest BCUT2D eigenvalue weighted by molar-refractivity contribution is 0.0127. The Bertz CT molecular complexity index is 1680. The third-order valence-electron chi connectivity index (χ3n) is 9.46. The van der Waals surface area contributed by atoms with E-state index >= 15 is 0 Å². The molecule has 272 valence electrons. The van der Waals surface area contributed by atoms with Crippen molar-refractivity contribution < 1.29 is 42.8 Å². The molecule has 3 N–H and O–H groups in total. The van der Waals surface area contributed by atoms with Crippen LogP contribution in [0, 0.1) is 5.41 Å². The number of aromatic carboxylic acids is 2. The second-order valence-electron chi connectivity index (χ2n) is 13.4. The van der Waals surface area contributed by atoms with E-state index in [4.69, 9.17) is 9.47 Å². The topological polar surface area (TPSA) is 164 Å². The van der Waals surface area contributed by atoms with Gasteiger partial charge in [-0.05, 0) is 73.6 Å². The maximum absolute atomic E-state index is 14.1. The molecule has 0 amide bonds. The third kappa shape index (κ3) is 9.33. The number of carbonyl (C=O) groups is 2. The van der Waals surface area contributed by atoms with Crippen LogP contribution in [0.4, 0.5) is 5.69 Å². The van der Waals surface area contributed by atoms with Crippen LogP contribution in [0.1, 0.15) is 110 Å². The summed E-state index contributed by atoms with van der Waals surface area (Å²) >= 11 is 0. The Morgan fingerprint density at radius 1 is 0.820 bits per heavy atom. The number of aliphatic hydroxyl groups excluding tert-OH is 1. The fourth-order valence-electron chi connectivity index (χ4n) is 6.73. The number of fused-ring (bicyclic) bond motifs is 1. The molecular weight excluding hydrogens is 660 g/mol. The summed E-state index contributed by atoms with van der Waals surface area (Å²) in [6, 6.07) is 15.4. The number of aliphatic hydroxyl groups is 1. The Morgan fingerprint density at radius 2 is 1.38 bits per heavy atom. The maximum atomic E-state index is 14.1. The van der Waals surface area contributed by atoms with E-state index in [1.165, 1.54) is 12.1 Å². The van der Waals surface area contributed by atoms with Crippen LogP contribution in [0.2, 0.25) is 0 Å². The first-order valence-electron chi connectivity index (χ1n) is 17.4. The van der Waals surface area contributed by atoms with Crippen molar-refractivity contribution in [2.75, 3.05) is 38.0 Å². The monoisotopic (exact) mass is 710 g/mol. The lowest BCUT2D eigenvalue weighted by Gasteiger charge is -2.40. The van der Waals surface area contributed by atoms with Crippen LogP contribution >= 0.6 is 0 Å². The zero-order valence-corrected chi connectivity index (χ0v) is 30.2. The molecule has 2 aromatic carbocycles. The predicted octanol–water partition coefficient (Wildman–Crippen LogP) is 6.82. The zero-order chi connectivity index (χ0) is 36.5. The average Bonchev–Trinajstić information content (AvgIpc) is 3.15. The minimum Gasteiger partial charge on any atom is -0.494 e. The Balaban J connectivity index is 1.46. The molecule has 50 heavy (non-hydrogen) atoms. The number of benzene rings is 2. The highest BCUT2D eigenvalue weighted by atomic mass is 32.2. The van der Waals surface area contributed by atoms with Crippen LogP contribution in [0.25, 0.3) is 0 Å². The Kier molecular flexibility index (Phi) is 13.3. The van der Waals surface area contributed by atoms with E-state index in [1.807, 2.05) is 55.4 Å². The lowest BCUT2D eigenvalue weighted by atomic mass is 9.68. The summed E-state index contributed by atoms with van der Waals surface area (Å²) in [6.07, 6.45) is 5.98. The van der Waals surface area contributed by atoms with Gasteiger partial charge < -0.3 is 29.7 Å². The first-order chi connectivity index (χ1) is 23.8. The van der Waals surface area contributed by atoms with Gasteiger partial charge in [0.15, 0.2) is 21.2 Å². The van der Waals surface area contributed by atoms with Gasteiger partial charge in [-0.15, -0.1) is 0 Å². The molecule has 11 nitrogen and oxygen atoms in total. The second kappa shape index (κ2) is 17.2. The van der Waals surface area contributed by atoms with Crippen LogP contribution in [0.5, 0.6) is 11.5 Å². The molecule has 0 saturated carbocycles. The van der Waals surface area contributed by atoms with Crippen LogP contribution < -0.4 is 14.4 Å². The van der Waals surface area contributed by atoms with Gasteiger partial charge in [-0.25, -0.2) is 23.0 Å². The molecule has 0 spiro atoms. The maximum Gasteiger partial charge on any atom is 0.354 e. The number of hydrogen-bond acceptors (Lipinski definition) is 9. The molecule has 0 aliphatic carbocycles. The molecule has 1 aliphatic heterocycles. The molecule has 1 aliphatic rings. The summed E-state index contributed by atoms with van der Waals surface area (Å²) in [4.78, 5) is 28.3. The van der Waals surface area contributed by atoms with Crippen LogP contribution in [-0.2, 0) is 9.84 Å². The number of anilines is 1. The largest absolute Gasteiger partial charge is 0.494 e. The van der Waals surface area contributed by atoms with Crippen molar-refractivity contribution >= 4 is 27.5 Å². The van der Waals surface area contributed by atoms with Gasteiger partial charge in [0.2, 0.25) is 0 Å². The smallest absolute Gasteiger partial charge is 0.354 e. The molecule has 0 saturated heterocycles. The summed E-state index contributed by atoms with van der Waals surface area (Å²) < 4.78 is 39.7. The molecule has 0 bridgehead atoms. The van der Waals surface area contributed by atoms with Crippen molar-refractivity contribution in [3.8, 4) is 11.5 Å². The molecule has 1 aromatic heterocycles. The Labute approximate surface area is 295 Å². The van der Waals surface area contributed by atoms with Crippen LogP contribution in [0.3, 0.4) is 0 Å². The fraction of sp³-hybridized carbons (Fsp3) is 0.500. The Hall–Kier alpha value is -4.16. The van der Waals surface area contributed by atoms with Crippen LogP contribution in [-0.4, -0.2) is 79.8 Å². The summed E-state index contributed by atoms with van der Waals surface area (Å²) in [5.74, 6) is -2.49. The fourth-order valence-corrected chi connectivity index (χ4v) is 8.92. The number of pyridine rings is 1. The zero-order valence-electron chi connectivity index (χ0n) is 29.4. The van der Waals surface area contributed by atoms with Gasteiger partial charge in [-0.2, -0.15) is 0 Å². The number of rotatable bonds is 18. The number of unbranched alkanes of at least 4 members (excludes halogenated alkanes) is 4. The van der Waals surface area contributed by atoms with E-state index in [2.05, 4.69) is 18.8 Å². The summed E-state index contributed by atoms with van der Waals surface area (Å²) in [5, 5.41) is 30.7. The highest BCUT2D eigenvalue weighted by Gasteiger charge is 2.49. The van der Waals surface area contributed by atoms with E-state index in [1.54, 1.807) is 6.07 Å². The molecule has 12 heteroatoms. The SMILES string of the molecule is CCCCC1(CCCC)CS(=O)(=O)c2ccc(N(C)C)cc2[C@@H](c2ccc(OCCCCCOc3cc(C(=O)O)nc(C(=O)O)c3)cc2)C1O. The van der Waals surface area contributed by atoms with E-state index < -0.39 is 50.6 Å². The van der Waals surface area contributed by atoms with Gasteiger partial charge in [0.05, 0.1) is 30.0 Å². The van der Waals surface area contributed by atoms with Gasteiger partial charge in [-0.3, -0.25) is 0 Å². The molecule has 2 atom stereocenters. The van der Waals surface area contributed by atoms with Crippen molar-refractivity contribution in [3.05, 3.63) is 77.1 Å². The molecule has 0 fully saturated rings. The number of aromatic nitrogens is 1. The van der Waals surface area contributed by atoms with E-state index in [0.29, 0.717) is 42.1 Å². The minimum absolute atomic E-state index is 0.0759. The highest BCUT2D eigenvalue weighted by molar-refractivity contribution is 7.91. The van der Waals surface area contributed by atoms with Gasteiger partial charge in [0.1, 0.15) is 11.5 Å². The van der Waals surface area contributed by atoms with Gasteiger partial charge in [0, 0.05) is 43.2 Å². The van der Waals surface area contributed by atoms with E-state index in [0.717, 1.165) is 49.8 Å². The van der Waals surface area contributed by atoms with Gasteiger partial charge >= 0.3 is 11.9 Å². The van der Waals surface area contributed by atoms with Crippen molar-refractivity contribution in [1.29, 1.82) is 0 Å². The molecule has 3 aromatic rings. The molecule has 4 rings (SSSR count). The summed E-state index contributed by atoms with van der Waals surface area (Å²) in [5.41, 5.74) is 0.758. The first kappa shape index (κ1) is 38.6. The van der Waals surface area contributed by atoms with Gasteiger partial charge in [-0.1, -0.05) is 51.7 Å². The third-order valence-corrected chi connectivity index (χ3v) is 11.5. The number of sulfone groups is 1. The highest BCUT2D eigenvalue weighted by Crippen LogP contribution is 2.50. The second-order valence-corrected chi connectivity index (χ2v) is 15.3. The molecule has 2 heterocycles. The minimum atomic E-state index is -3.68. The Morgan fingerprint density at radius 3 is 1.90 bits per heavy atom.